The Morgan fingerprint density at radius 1 is 1.00 bits per heavy atom. The third-order valence-electron chi connectivity index (χ3n) is 3.76. The number of esters is 1. The summed E-state index contributed by atoms with van der Waals surface area (Å²) in [6.07, 6.45) is 0. The van der Waals surface area contributed by atoms with Gasteiger partial charge in [-0.2, -0.15) is 0 Å². The van der Waals surface area contributed by atoms with Crippen molar-refractivity contribution in [1.82, 2.24) is 4.98 Å². The maximum Gasteiger partial charge on any atom is 0.361 e. The average molecular weight is 353 g/mol. The third kappa shape index (κ3) is 3.39. The van der Waals surface area contributed by atoms with Crippen LogP contribution in [0.25, 0.3) is 22.8 Å². The van der Waals surface area contributed by atoms with Crippen LogP contribution in [0.15, 0.2) is 52.9 Å². The molecule has 6 nitrogen and oxygen atoms in total. The monoisotopic (exact) mass is 353 g/mol. The number of hydrogen-bond acceptors (Lipinski definition) is 6. The van der Waals surface area contributed by atoms with Crippen molar-refractivity contribution in [3.63, 3.8) is 0 Å². The highest BCUT2D eigenvalue weighted by Gasteiger charge is 2.24. The van der Waals surface area contributed by atoms with E-state index < -0.39 is 5.97 Å². The van der Waals surface area contributed by atoms with Crippen LogP contribution in [-0.2, 0) is 4.74 Å². The molecule has 0 aliphatic rings. The molecule has 1 aromatic heterocycles. The molecule has 0 unspecified atom stereocenters. The fraction of sp³-hybridized carbons (Fsp3) is 0.200. The molecule has 134 valence electrons. The Hall–Kier alpha value is -3.28. The van der Waals surface area contributed by atoms with Crippen LogP contribution in [-0.4, -0.2) is 31.8 Å². The molecule has 0 bridgehead atoms. The van der Waals surface area contributed by atoms with Crippen LogP contribution in [0.5, 0.6) is 11.5 Å². The van der Waals surface area contributed by atoms with Crippen molar-refractivity contribution in [2.45, 2.75) is 6.92 Å². The zero-order chi connectivity index (χ0) is 18.5. The maximum atomic E-state index is 12.4. The zero-order valence-electron chi connectivity index (χ0n) is 14.8. The second-order valence-corrected chi connectivity index (χ2v) is 5.35. The summed E-state index contributed by atoms with van der Waals surface area (Å²) in [7, 11) is 3.10. The van der Waals surface area contributed by atoms with E-state index in [-0.39, 0.29) is 12.3 Å². The van der Waals surface area contributed by atoms with Gasteiger partial charge in [0.2, 0.25) is 5.89 Å². The summed E-state index contributed by atoms with van der Waals surface area (Å²) in [6.45, 7) is 1.99. The lowest BCUT2D eigenvalue weighted by atomic mass is 10.1. The third-order valence-corrected chi connectivity index (χ3v) is 3.76. The number of ether oxygens (including phenoxy) is 3. The Morgan fingerprint density at radius 2 is 1.73 bits per heavy atom. The van der Waals surface area contributed by atoms with Gasteiger partial charge in [-0.3, -0.25) is 0 Å². The van der Waals surface area contributed by atoms with Crippen molar-refractivity contribution in [3.05, 3.63) is 54.2 Å². The molecular weight excluding hydrogens is 334 g/mol. The topological polar surface area (TPSA) is 70.8 Å². The van der Waals surface area contributed by atoms with Crippen LogP contribution in [0.4, 0.5) is 0 Å². The van der Waals surface area contributed by atoms with Crippen molar-refractivity contribution in [2.75, 3.05) is 20.8 Å². The number of hydrogen-bond donors (Lipinski definition) is 0. The van der Waals surface area contributed by atoms with Gasteiger partial charge in [0, 0.05) is 11.1 Å². The Kier molecular flexibility index (Phi) is 5.22. The number of carbonyl (C=O) groups is 1. The summed E-state index contributed by atoms with van der Waals surface area (Å²) in [6, 6.07) is 14.6. The predicted molar refractivity (Wildman–Crippen MR) is 96.4 cm³/mol. The van der Waals surface area contributed by atoms with Crippen LogP contribution in [0.1, 0.15) is 17.4 Å². The van der Waals surface area contributed by atoms with Crippen LogP contribution in [0.3, 0.4) is 0 Å². The lowest BCUT2D eigenvalue weighted by Gasteiger charge is -2.08. The predicted octanol–water partition coefficient (Wildman–Crippen LogP) is 4.20. The van der Waals surface area contributed by atoms with Gasteiger partial charge in [-0.25, -0.2) is 9.78 Å². The largest absolute Gasteiger partial charge is 0.493 e. The van der Waals surface area contributed by atoms with Crippen molar-refractivity contribution in [1.29, 1.82) is 0 Å². The van der Waals surface area contributed by atoms with Gasteiger partial charge in [0.05, 0.1) is 20.8 Å². The number of nitrogens with zero attached hydrogens (tertiary/aromatic N) is 1. The van der Waals surface area contributed by atoms with Gasteiger partial charge < -0.3 is 18.6 Å². The number of methoxy groups -OCH3 is 2. The fourth-order valence-electron chi connectivity index (χ4n) is 2.54. The Bertz CT molecular complexity index is 902. The minimum absolute atomic E-state index is 0.123. The maximum absolute atomic E-state index is 12.4. The summed E-state index contributed by atoms with van der Waals surface area (Å²) in [5, 5.41) is 0. The molecule has 0 radical (unpaired) electrons. The van der Waals surface area contributed by atoms with Crippen molar-refractivity contribution in [2.24, 2.45) is 0 Å². The molecule has 0 amide bonds. The standard InChI is InChI=1S/C20H19NO5/c1-4-25-20(22)17-18(14-10-11-15(23-2)16(12-14)24-3)26-19(21-17)13-8-6-5-7-9-13/h5-12H,4H2,1-3H3. The summed E-state index contributed by atoms with van der Waals surface area (Å²) < 4.78 is 21.6. The molecule has 0 fully saturated rings. The summed E-state index contributed by atoms with van der Waals surface area (Å²) in [5.41, 5.74) is 1.53. The minimum Gasteiger partial charge on any atom is -0.493 e. The molecule has 1 heterocycles. The first-order valence-corrected chi connectivity index (χ1v) is 8.13. The molecule has 26 heavy (non-hydrogen) atoms. The molecule has 0 saturated heterocycles. The van der Waals surface area contributed by atoms with E-state index in [1.807, 2.05) is 30.3 Å². The first kappa shape index (κ1) is 17.5. The van der Waals surface area contributed by atoms with Gasteiger partial charge in [-0.15, -0.1) is 0 Å². The fourth-order valence-corrected chi connectivity index (χ4v) is 2.54. The van der Waals surface area contributed by atoms with Crippen LogP contribution in [0.2, 0.25) is 0 Å². The van der Waals surface area contributed by atoms with Gasteiger partial charge in [0.25, 0.3) is 0 Å². The SMILES string of the molecule is CCOC(=O)c1nc(-c2ccccc2)oc1-c1ccc(OC)c(OC)c1. The van der Waals surface area contributed by atoms with E-state index in [2.05, 4.69) is 4.98 Å². The van der Waals surface area contributed by atoms with Gasteiger partial charge in [0.1, 0.15) is 0 Å². The molecule has 3 rings (SSSR count). The summed E-state index contributed by atoms with van der Waals surface area (Å²) in [5.74, 6) is 1.24. The number of carbonyl (C=O) groups excluding carboxylic acids is 1. The zero-order valence-corrected chi connectivity index (χ0v) is 14.8. The van der Waals surface area contributed by atoms with Crippen molar-refractivity contribution < 1.29 is 23.4 Å². The number of benzene rings is 2. The normalized spacial score (nSPS) is 10.4. The van der Waals surface area contributed by atoms with E-state index in [4.69, 9.17) is 18.6 Å². The van der Waals surface area contributed by atoms with E-state index in [1.54, 1.807) is 39.3 Å². The van der Waals surface area contributed by atoms with Gasteiger partial charge in [-0.1, -0.05) is 18.2 Å². The van der Waals surface area contributed by atoms with E-state index in [0.717, 1.165) is 5.56 Å². The summed E-state index contributed by atoms with van der Waals surface area (Å²) in [4.78, 5) is 16.7. The number of aromatic nitrogens is 1. The van der Waals surface area contributed by atoms with E-state index in [0.29, 0.717) is 28.7 Å². The Labute approximate surface area is 151 Å². The molecule has 0 saturated carbocycles. The first-order valence-electron chi connectivity index (χ1n) is 8.13. The van der Waals surface area contributed by atoms with E-state index in [9.17, 15) is 4.79 Å². The van der Waals surface area contributed by atoms with Crippen LogP contribution < -0.4 is 9.47 Å². The molecular formula is C20H19NO5. The average Bonchev–Trinajstić information content (AvgIpc) is 3.14. The highest BCUT2D eigenvalue weighted by molar-refractivity contribution is 5.94. The Balaban J connectivity index is 2.13. The van der Waals surface area contributed by atoms with Crippen molar-refractivity contribution in [3.8, 4) is 34.3 Å². The van der Waals surface area contributed by atoms with Crippen LogP contribution in [0, 0.1) is 0 Å². The Morgan fingerprint density at radius 3 is 2.38 bits per heavy atom. The molecule has 6 heteroatoms. The van der Waals surface area contributed by atoms with Gasteiger partial charge in [0.15, 0.2) is 23.0 Å². The second-order valence-electron chi connectivity index (χ2n) is 5.35. The highest BCUT2D eigenvalue weighted by Crippen LogP contribution is 2.36. The summed E-state index contributed by atoms with van der Waals surface area (Å²) >= 11 is 0. The van der Waals surface area contributed by atoms with Gasteiger partial charge in [-0.05, 0) is 37.3 Å². The second kappa shape index (κ2) is 7.74. The van der Waals surface area contributed by atoms with Gasteiger partial charge >= 0.3 is 5.97 Å². The first-order chi connectivity index (χ1) is 12.7. The molecule has 0 N–H and O–H groups in total. The molecule has 2 aromatic carbocycles. The highest BCUT2D eigenvalue weighted by atomic mass is 16.5. The molecule has 0 aliphatic heterocycles. The lowest BCUT2D eigenvalue weighted by Crippen LogP contribution is -2.06. The minimum atomic E-state index is -0.539. The quantitative estimate of drug-likeness (QED) is 0.619. The lowest BCUT2D eigenvalue weighted by molar-refractivity contribution is 0.0520. The smallest absolute Gasteiger partial charge is 0.361 e. The molecule has 0 spiro atoms. The van der Waals surface area contributed by atoms with Crippen LogP contribution >= 0.6 is 0 Å². The number of rotatable bonds is 6. The molecule has 0 aliphatic carbocycles. The van der Waals surface area contributed by atoms with E-state index in [1.165, 1.54) is 0 Å². The number of oxazole rings is 1. The molecule has 3 aromatic rings. The molecule has 0 atom stereocenters. The van der Waals surface area contributed by atoms with E-state index >= 15 is 0 Å². The van der Waals surface area contributed by atoms with Crippen molar-refractivity contribution >= 4 is 5.97 Å².